The van der Waals surface area contributed by atoms with Crippen molar-refractivity contribution in [3.05, 3.63) is 109 Å². The first-order chi connectivity index (χ1) is 39.5. The lowest BCUT2D eigenvalue weighted by Crippen LogP contribution is -2.30. The highest BCUT2D eigenvalue weighted by Crippen LogP contribution is 2.16. The molecule has 0 aliphatic rings. The van der Waals surface area contributed by atoms with Crippen LogP contribution in [0.15, 0.2) is 109 Å². The van der Waals surface area contributed by atoms with Gasteiger partial charge in [0, 0.05) is 19.3 Å². The van der Waals surface area contributed by atoms with Gasteiger partial charge >= 0.3 is 17.9 Å². The molecule has 0 fully saturated rings. The second kappa shape index (κ2) is 67.6. The molecule has 0 bridgehead atoms. The van der Waals surface area contributed by atoms with Crippen molar-refractivity contribution in [3.8, 4) is 0 Å². The first-order valence-electron chi connectivity index (χ1n) is 33.9. The van der Waals surface area contributed by atoms with E-state index < -0.39 is 6.10 Å². The maximum atomic E-state index is 12.9. The molecule has 0 spiro atoms. The van der Waals surface area contributed by atoms with Gasteiger partial charge in [-0.2, -0.15) is 0 Å². The molecule has 6 nitrogen and oxygen atoms in total. The maximum Gasteiger partial charge on any atom is 0.306 e. The number of esters is 3. The van der Waals surface area contributed by atoms with Crippen LogP contribution in [0.1, 0.15) is 323 Å². The molecule has 0 amide bonds. The topological polar surface area (TPSA) is 78.9 Å². The van der Waals surface area contributed by atoms with Crippen molar-refractivity contribution in [1.29, 1.82) is 0 Å². The number of hydrogen-bond acceptors (Lipinski definition) is 6. The molecule has 0 heterocycles. The Bertz CT molecular complexity index is 1610. The van der Waals surface area contributed by atoms with Crippen molar-refractivity contribution in [2.24, 2.45) is 0 Å². The van der Waals surface area contributed by atoms with Gasteiger partial charge in [-0.05, 0) is 109 Å². The highest BCUT2D eigenvalue weighted by Gasteiger charge is 2.19. The molecule has 0 aliphatic heterocycles. The number of hydrogen-bond donors (Lipinski definition) is 0. The Labute approximate surface area is 495 Å². The van der Waals surface area contributed by atoms with Gasteiger partial charge in [-0.25, -0.2) is 0 Å². The van der Waals surface area contributed by atoms with Crippen LogP contribution >= 0.6 is 0 Å². The largest absolute Gasteiger partial charge is 0.462 e. The van der Waals surface area contributed by atoms with Crippen LogP contribution in [-0.2, 0) is 28.6 Å². The summed E-state index contributed by atoms with van der Waals surface area (Å²) in [6.45, 7) is 6.53. The van der Waals surface area contributed by atoms with Crippen LogP contribution in [0, 0.1) is 0 Å². The minimum atomic E-state index is -0.790. The molecule has 0 aromatic rings. The molecule has 0 saturated carbocycles. The number of rotatable bonds is 61. The monoisotopic (exact) mass is 1110 g/mol. The second-order valence-electron chi connectivity index (χ2n) is 22.4. The lowest BCUT2D eigenvalue weighted by Gasteiger charge is -2.18. The molecule has 0 aliphatic carbocycles. The first kappa shape index (κ1) is 76.1. The summed E-state index contributed by atoms with van der Waals surface area (Å²) in [6.07, 6.45) is 92.4. The summed E-state index contributed by atoms with van der Waals surface area (Å²) in [5.74, 6) is -0.896. The van der Waals surface area contributed by atoms with Crippen LogP contribution in [0.25, 0.3) is 0 Å². The predicted octanol–water partition coefficient (Wildman–Crippen LogP) is 23.4. The lowest BCUT2D eigenvalue weighted by atomic mass is 10.0. The van der Waals surface area contributed by atoms with Crippen LogP contribution in [0.2, 0.25) is 0 Å². The Kier molecular flexibility index (Phi) is 64.3. The zero-order valence-electron chi connectivity index (χ0n) is 52.6. The zero-order chi connectivity index (χ0) is 57.8. The van der Waals surface area contributed by atoms with Crippen LogP contribution in [-0.4, -0.2) is 37.2 Å². The van der Waals surface area contributed by atoms with Crippen LogP contribution in [0.3, 0.4) is 0 Å². The second-order valence-corrected chi connectivity index (χ2v) is 22.4. The summed E-state index contributed by atoms with van der Waals surface area (Å²) >= 11 is 0. The minimum Gasteiger partial charge on any atom is -0.462 e. The number of carbonyl (C=O) groups is 3. The summed E-state index contributed by atoms with van der Waals surface area (Å²) < 4.78 is 17.0. The van der Waals surface area contributed by atoms with Gasteiger partial charge in [-0.1, -0.05) is 304 Å². The third kappa shape index (κ3) is 64.9. The van der Waals surface area contributed by atoms with E-state index in [4.69, 9.17) is 14.2 Å². The van der Waals surface area contributed by atoms with E-state index in [0.717, 1.165) is 128 Å². The van der Waals surface area contributed by atoms with E-state index in [9.17, 15) is 14.4 Å². The molecule has 80 heavy (non-hydrogen) atoms. The van der Waals surface area contributed by atoms with E-state index in [-0.39, 0.29) is 31.1 Å². The van der Waals surface area contributed by atoms with E-state index in [1.807, 2.05) is 0 Å². The Hall–Kier alpha value is -3.93. The van der Waals surface area contributed by atoms with Gasteiger partial charge < -0.3 is 14.2 Å². The summed E-state index contributed by atoms with van der Waals surface area (Å²) in [7, 11) is 0. The predicted molar refractivity (Wildman–Crippen MR) is 348 cm³/mol. The van der Waals surface area contributed by atoms with Gasteiger partial charge in [0.25, 0.3) is 0 Å². The summed E-state index contributed by atoms with van der Waals surface area (Å²) in [6, 6.07) is 0. The SMILES string of the molecule is CC/C=C\C/C=C\C/C=C\C/C=C\C/C=C\C/C=C\C/C=C\CCCCCCCC(=O)OCC(COC(=O)CCCCCCCCCCCCCCCC)OC(=O)CCCCCCCCCCC/C=C\C/C=C\CCCCCCC. The quantitative estimate of drug-likeness (QED) is 0.0261. The molecule has 0 radical (unpaired) electrons. The number of allylic oxidation sites excluding steroid dienone is 18. The minimum absolute atomic E-state index is 0.0841. The highest BCUT2D eigenvalue weighted by atomic mass is 16.6. The number of unbranched alkanes of at least 4 members (excludes halogenated alkanes) is 32. The average Bonchev–Trinajstić information content (AvgIpc) is 3.46. The molecule has 0 saturated heterocycles. The molecule has 0 aromatic carbocycles. The number of carbonyl (C=O) groups excluding carboxylic acids is 3. The van der Waals surface area contributed by atoms with E-state index in [2.05, 4.69) is 130 Å². The highest BCUT2D eigenvalue weighted by molar-refractivity contribution is 5.71. The summed E-state index contributed by atoms with van der Waals surface area (Å²) in [5.41, 5.74) is 0. The van der Waals surface area contributed by atoms with Crippen molar-refractivity contribution in [1.82, 2.24) is 0 Å². The van der Waals surface area contributed by atoms with Gasteiger partial charge in [0.05, 0.1) is 0 Å². The van der Waals surface area contributed by atoms with Crippen molar-refractivity contribution in [2.45, 2.75) is 329 Å². The summed E-state index contributed by atoms with van der Waals surface area (Å²) in [4.78, 5) is 38.4. The van der Waals surface area contributed by atoms with Crippen LogP contribution in [0.5, 0.6) is 0 Å². The smallest absolute Gasteiger partial charge is 0.306 e. The van der Waals surface area contributed by atoms with E-state index in [1.54, 1.807) is 0 Å². The molecule has 0 rings (SSSR count). The molecule has 1 unspecified atom stereocenters. The van der Waals surface area contributed by atoms with Crippen molar-refractivity contribution >= 4 is 17.9 Å². The average molecular weight is 1110 g/mol. The van der Waals surface area contributed by atoms with Gasteiger partial charge in [0.15, 0.2) is 6.10 Å². The van der Waals surface area contributed by atoms with Crippen LogP contribution in [0.4, 0.5) is 0 Å². The normalized spacial score (nSPS) is 12.8. The van der Waals surface area contributed by atoms with E-state index >= 15 is 0 Å². The molecular weight excluding hydrogens is 985 g/mol. The van der Waals surface area contributed by atoms with Gasteiger partial charge in [-0.3, -0.25) is 14.4 Å². The van der Waals surface area contributed by atoms with E-state index in [0.29, 0.717) is 19.3 Å². The fraction of sp³-hybridized carbons (Fsp3) is 0.716. The summed E-state index contributed by atoms with van der Waals surface area (Å²) in [5, 5.41) is 0. The Morgan fingerprint density at radius 2 is 0.487 bits per heavy atom. The van der Waals surface area contributed by atoms with Crippen molar-refractivity contribution in [2.75, 3.05) is 13.2 Å². The maximum absolute atomic E-state index is 12.9. The van der Waals surface area contributed by atoms with Gasteiger partial charge in [-0.15, -0.1) is 0 Å². The molecule has 6 heteroatoms. The van der Waals surface area contributed by atoms with Gasteiger partial charge in [0.1, 0.15) is 13.2 Å². The van der Waals surface area contributed by atoms with E-state index in [1.165, 1.54) is 154 Å². The standard InChI is InChI=1S/C74H126O6/c1-4-7-10-13-16-19-22-25-28-30-32-34-35-36-37-38-39-41-42-44-46-49-52-55-58-61-64-67-73(76)79-70-71(69-78-72(75)66-63-60-57-54-51-48-27-24-21-18-15-12-9-6-3)80-74(77)68-65-62-59-56-53-50-47-45-43-40-33-31-29-26-23-20-17-14-11-8-5-2/h7,10,16,19,23,25-26,28,31-34,36-37,39,41,44,46,71H,4-6,8-9,11-15,17-18,20-22,24,27,29-30,35,38,40,42-43,45,47-70H2,1-3H3/b10-7-,19-16-,26-23-,28-25-,33-31-,34-32-,37-36-,41-39-,46-44-. The molecule has 0 N–H and O–H groups in total. The van der Waals surface area contributed by atoms with Crippen molar-refractivity contribution in [3.63, 3.8) is 0 Å². The fourth-order valence-electron chi connectivity index (χ4n) is 9.45. The third-order valence-electron chi connectivity index (χ3n) is 14.5. The number of ether oxygens (including phenoxy) is 3. The third-order valence-corrected chi connectivity index (χ3v) is 14.5. The fourth-order valence-corrected chi connectivity index (χ4v) is 9.45. The zero-order valence-corrected chi connectivity index (χ0v) is 52.6. The molecular formula is C74H126O6. The Morgan fingerprint density at radius 3 is 0.762 bits per heavy atom. The van der Waals surface area contributed by atoms with Crippen LogP contribution < -0.4 is 0 Å². The van der Waals surface area contributed by atoms with Crippen molar-refractivity contribution < 1.29 is 28.6 Å². The van der Waals surface area contributed by atoms with Gasteiger partial charge in [0.2, 0.25) is 0 Å². The molecule has 0 aromatic heterocycles. The first-order valence-corrected chi connectivity index (χ1v) is 33.9. The molecule has 1 atom stereocenters. The lowest BCUT2D eigenvalue weighted by molar-refractivity contribution is -0.167. The molecule has 458 valence electrons. The Balaban J connectivity index is 4.39. The Morgan fingerprint density at radius 1 is 0.263 bits per heavy atom.